The second-order valence-electron chi connectivity index (χ2n) is 2.79. The zero-order chi connectivity index (χ0) is 11.1. The molecule has 0 atom stereocenters. The minimum Gasteiger partial charge on any atom is -0.374 e. The molecule has 0 amide bonds. The Hall–Kier alpha value is -1.91. The fourth-order valence-electron chi connectivity index (χ4n) is 1.00. The summed E-state index contributed by atoms with van der Waals surface area (Å²) in [6.07, 6.45) is 0. The largest absolute Gasteiger partial charge is 0.374 e. The highest BCUT2D eigenvalue weighted by molar-refractivity contribution is 7.84. The van der Waals surface area contributed by atoms with Crippen molar-refractivity contribution in [3.63, 3.8) is 0 Å². The van der Waals surface area contributed by atoms with Gasteiger partial charge in [-0.15, -0.1) is 12.6 Å². The van der Waals surface area contributed by atoms with Gasteiger partial charge in [0, 0.05) is 6.54 Å². The van der Waals surface area contributed by atoms with Gasteiger partial charge in [0.1, 0.15) is 12.1 Å². The van der Waals surface area contributed by atoms with Gasteiger partial charge in [-0.05, 0) is 5.56 Å². The van der Waals surface area contributed by atoms with E-state index in [2.05, 4.69) is 17.9 Å². The van der Waals surface area contributed by atoms with Crippen LogP contribution in [0.1, 0.15) is 5.56 Å². The van der Waals surface area contributed by atoms with E-state index in [0.29, 0.717) is 11.6 Å². The predicted molar refractivity (Wildman–Crippen MR) is 60.5 cm³/mol. The number of nitrogens with zero attached hydrogens (tertiary/aromatic N) is 2. The van der Waals surface area contributed by atoms with Crippen LogP contribution in [0.5, 0.6) is 0 Å². The van der Waals surface area contributed by atoms with Crippen LogP contribution in [0.25, 0.3) is 0 Å². The van der Waals surface area contributed by atoms with Crippen LogP contribution in [-0.4, -0.2) is 0 Å². The molecule has 0 unspecified atom stereocenters. The second-order valence-corrected chi connectivity index (χ2v) is 3.23. The van der Waals surface area contributed by atoms with Crippen LogP contribution < -0.4 is 5.32 Å². The van der Waals surface area contributed by atoms with E-state index in [-0.39, 0.29) is 5.57 Å². The van der Waals surface area contributed by atoms with Crippen molar-refractivity contribution in [1.29, 1.82) is 10.5 Å². The quantitative estimate of drug-likeness (QED) is 0.598. The molecule has 0 heterocycles. The SMILES string of the molecule is N#CC(C#N)=C(S)NCc1ccccc1. The molecule has 0 aromatic heterocycles. The van der Waals surface area contributed by atoms with Crippen LogP contribution in [-0.2, 0) is 6.54 Å². The number of hydrogen-bond donors (Lipinski definition) is 2. The maximum Gasteiger partial charge on any atom is 0.159 e. The van der Waals surface area contributed by atoms with Crippen LogP contribution in [0.3, 0.4) is 0 Å². The molecule has 15 heavy (non-hydrogen) atoms. The number of thiol groups is 1. The van der Waals surface area contributed by atoms with E-state index < -0.39 is 0 Å². The highest BCUT2D eigenvalue weighted by Crippen LogP contribution is 2.06. The van der Waals surface area contributed by atoms with Crippen molar-refractivity contribution < 1.29 is 0 Å². The van der Waals surface area contributed by atoms with Crippen LogP contribution in [0, 0.1) is 22.7 Å². The molecule has 0 saturated heterocycles. The zero-order valence-corrected chi connectivity index (χ0v) is 8.83. The molecule has 0 bridgehead atoms. The Bertz CT molecular complexity index is 421. The van der Waals surface area contributed by atoms with E-state index in [1.807, 2.05) is 30.3 Å². The van der Waals surface area contributed by atoms with Crippen LogP contribution >= 0.6 is 12.6 Å². The van der Waals surface area contributed by atoms with Gasteiger partial charge >= 0.3 is 0 Å². The summed E-state index contributed by atoms with van der Waals surface area (Å²) in [5, 5.41) is 20.4. The monoisotopic (exact) mass is 215 g/mol. The van der Waals surface area contributed by atoms with Gasteiger partial charge in [-0.1, -0.05) is 30.3 Å². The summed E-state index contributed by atoms with van der Waals surface area (Å²) in [6.45, 7) is 0.548. The van der Waals surface area contributed by atoms with E-state index in [0.717, 1.165) is 5.56 Å². The Morgan fingerprint density at radius 3 is 2.33 bits per heavy atom. The van der Waals surface area contributed by atoms with Crippen molar-refractivity contribution in [2.45, 2.75) is 6.54 Å². The summed E-state index contributed by atoms with van der Waals surface area (Å²) in [7, 11) is 0. The lowest BCUT2D eigenvalue weighted by molar-refractivity contribution is 0.854. The van der Waals surface area contributed by atoms with Gasteiger partial charge in [-0.2, -0.15) is 10.5 Å². The Balaban J connectivity index is 2.64. The van der Waals surface area contributed by atoms with Crippen molar-refractivity contribution in [3.8, 4) is 12.1 Å². The lowest BCUT2D eigenvalue weighted by atomic mass is 10.2. The second kappa shape index (κ2) is 5.74. The van der Waals surface area contributed by atoms with Gasteiger partial charge in [0.2, 0.25) is 0 Å². The number of nitriles is 2. The van der Waals surface area contributed by atoms with Gasteiger partial charge in [0.15, 0.2) is 5.57 Å². The average molecular weight is 215 g/mol. The molecule has 0 radical (unpaired) electrons. The first-order valence-electron chi connectivity index (χ1n) is 4.29. The maximum absolute atomic E-state index is 8.57. The lowest BCUT2D eigenvalue weighted by Gasteiger charge is -2.04. The fraction of sp³-hybridized carbons (Fsp3) is 0.0909. The molecule has 0 aliphatic heterocycles. The number of hydrogen-bond acceptors (Lipinski definition) is 4. The molecule has 1 rings (SSSR count). The summed E-state index contributed by atoms with van der Waals surface area (Å²) in [5.74, 6) is 0. The molecule has 4 heteroatoms. The summed E-state index contributed by atoms with van der Waals surface area (Å²) in [5.41, 5.74) is 1.06. The minimum absolute atomic E-state index is 0.00531. The van der Waals surface area contributed by atoms with Crippen molar-refractivity contribution in [1.82, 2.24) is 5.32 Å². The van der Waals surface area contributed by atoms with Crippen molar-refractivity contribution in [2.24, 2.45) is 0 Å². The van der Waals surface area contributed by atoms with E-state index in [9.17, 15) is 0 Å². The molecule has 0 saturated carbocycles. The first-order valence-corrected chi connectivity index (χ1v) is 4.74. The van der Waals surface area contributed by atoms with Crippen LogP contribution in [0.2, 0.25) is 0 Å². The number of allylic oxidation sites excluding steroid dienone is 1. The standard InChI is InChI=1S/C11H9N3S/c12-6-10(7-13)11(15)14-8-9-4-2-1-3-5-9/h1-5,14-15H,8H2. The van der Waals surface area contributed by atoms with E-state index in [1.165, 1.54) is 0 Å². The molecular formula is C11H9N3S. The smallest absolute Gasteiger partial charge is 0.159 e. The summed E-state index contributed by atoms with van der Waals surface area (Å²) in [6, 6.07) is 13.2. The van der Waals surface area contributed by atoms with E-state index in [1.54, 1.807) is 12.1 Å². The number of benzene rings is 1. The fourth-order valence-corrected chi connectivity index (χ4v) is 1.18. The van der Waals surface area contributed by atoms with Crippen molar-refractivity contribution >= 4 is 12.6 Å². The predicted octanol–water partition coefficient (Wildman–Crippen LogP) is 1.96. The number of rotatable bonds is 3. The molecule has 0 aliphatic rings. The topological polar surface area (TPSA) is 59.6 Å². The third kappa shape index (κ3) is 3.38. The van der Waals surface area contributed by atoms with E-state index in [4.69, 9.17) is 10.5 Å². The molecule has 0 fully saturated rings. The Morgan fingerprint density at radius 1 is 1.20 bits per heavy atom. The van der Waals surface area contributed by atoms with Crippen LogP contribution in [0.15, 0.2) is 40.9 Å². The maximum atomic E-state index is 8.57. The van der Waals surface area contributed by atoms with Crippen molar-refractivity contribution in [3.05, 3.63) is 46.5 Å². The summed E-state index contributed by atoms with van der Waals surface area (Å²) in [4.78, 5) is 0. The highest BCUT2D eigenvalue weighted by Gasteiger charge is 2.00. The zero-order valence-electron chi connectivity index (χ0n) is 7.94. The average Bonchev–Trinajstić information content (AvgIpc) is 2.29. The van der Waals surface area contributed by atoms with Gasteiger partial charge in [0.25, 0.3) is 0 Å². The molecule has 0 aliphatic carbocycles. The first kappa shape index (κ1) is 11.2. The van der Waals surface area contributed by atoms with Gasteiger partial charge < -0.3 is 5.32 Å². The van der Waals surface area contributed by atoms with Gasteiger partial charge in [-0.3, -0.25) is 0 Å². The Kier molecular flexibility index (Phi) is 4.28. The molecule has 74 valence electrons. The van der Waals surface area contributed by atoms with Crippen molar-refractivity contribution in [2.75, 3.05) is 0 Å². The highest BCUT2D eigenvalue weighted by atomic mass is 32.1. The number of nitrogens with one attached hydrogen (secondary N) is 1. The normalized spacial score (nSPS) is 8.47. The minimum atomic E-state index is -0.00531. The molecule has 1 N–H and O–H groups in total. The molecule has 1 aromatic carbocycles. The molecular weight excluding hydrogens is 206 g/mol. The molecule has 3 nitrogen and oxygen atoms in total. The Morgan fingerprint density at radius 2 is 1.80 bits per heavy atom. The van der Waals surface area contributed by atoms with Crippen LogP contribution in [0.4, 0.5) is 0 Å². The lowest BCUT2D eigenvalue weighted by Crippen LogP contribution is -2.10. The third-order valence-corrected chi connectivity index (χ3v) is 2.14. The third-order valence-electron chi connectivity index (χ3n) is 1.76. The van der Waals surface area contributed by atoms with E-state index >= 15 is 0 Å². The molecule has 1 aromatic rings. The molecule has 0 spiro atoms. The summed E-state index contributed by atoms with van der Waals surface area (Å²) >= 11 is 4.04. The van der Waals surface area contributed by atoms with Gasteiger partial charge in [0.05, 0.1) is 5.03 Å². The first-order chi connectivity index (χ1) is 7.27. The summed E-state index contributed by atoms with van der Waals surface area (Å²) < 4.78 is 0. The Labute approximate surface area is 94.1 Å². The van der Waals surface area contributed by atoms with Gasteiger partial charge in [-0.25, -0.2) is 0 Å².